The van der Waals surface area contributed by atoms with Crippen LogP contribution in [-0.2, 0) is 6.54 Å². The minimum Gasteiger partial charge on any atom is -0.408 e. The van der Waals surface area contributed by atoms with E-state index >= 15 is 0 Å². The number of oxazole rings is 1. The normalized spacial score (nSPS) is 10.6. The lowest BCUT2D eigenvalue weighted by Gasteiger charge is -2.03. The van der Waals surface area contributed by atoms with Crippen LogP contribution in [0.1, 0.15) is 16.7 Å². The summed E-state index contributed by atoms with van der Waals surface area (Å²) in [6.45, 7) is 2.36. The minimum atomic E-state index is -0.382. The maximum Gasteiger partial charge on any atom is 0.420 e. The summed E-state index contributed by atoms with van der Waals surface area (Å²) in [7, 11) is 0. The number of hydrogen-bond acceptors (Lipinski definition) is 3. The fraction of sp³-hybridized carbons (Fsp3) is 0.125. The first-order valence-electron chi connectivity index (χ1n) is 6.26. The van der Waals surface area contributed by atoms with Gasteiger partial charge in [0.15, 0.2) is 5.58 Å². The molecule has 4 heteroatoms. The van der Waals surface area contributed by atoms with Gasteiger partial charge in [0, 0.05) is 0 Å². The fourth-order valence-corrected chi connectivity index (χ4v) is 2.24. The van der Waals surface area contributed by atoms with Crippen molar-refractivity contribution in [1.29, 1.82) is 5.26 Å². The molecule has 0 aliphatic rings. The predicted octanol–water partition coefficient (Wildman–Crippen LogP) is 2.82. The molecule has 1 heterocycles. The molecule has 0 radical (unpaired) electrons. The minimum absolute atomic E-state index is 0.382. The van der Waals surface area contributed by atoms with Gasteiger partial charge in [-0.15, -0.1) is 0 Å². The lowest BCUT2D eigenvalue weighted by atomic mass is 10.1. The van der Waals surface area contributed by atoms with E-state index in [9.17, 15) is 4.79 Å². The van der Waals surface area contributed by atoms with Crippen molar-refractivity contribution in [2.75, 3.05) is 0 Å². The zero-order valence-electron chi connectivity index (χ0n) is 11.0. The van der Waals surface area contributed by atoms with E-state index in [4.69, 9.17) is 9.68 Å². The van der Waals surface area contributed by atoms with Crippen LogP contribution in [0.5, 0.6) is 0 Å². The van der Waals surface area contributed by atoms with Crippen LogP contribution >= 0.6 is 0 Å². The van der Waals surface area contributed by atoms with E-state index in [-0.39, 0.29) is 5.76 Å². The lowest BCUT2D eigenvalue weighted by Crippen LogP contribution is -2.14. The van der Waals surface area contributed by atoms with Crippen molar-refractivity contribution in [3.05, 3.63) is 69.7 Å². The summed E-state index contributed by atoms with van der Waals surface area (Å²) in [5, 5.41) is 8.91. The summed E-state index contributed by atoms with van der Waals surface area (Å²) in [6, 6.07) is 15.0. The summed E-state index contributed by atoms with van der Waals surface area (Å²) in [6.07, 6.45) is 0. The lowest BCUT2D eigenvalue weighted by molar-refractivity contribution is 0.517. The van der Waals surface area contributed by atoms with Crippen LogP contribution in [0.15, 0.2) is 51.7 Å². The van der Waals surface area contributed by atoms with Gasteiger partial charge in [-0.05, 0) is 42.3 Å². The molecule has 0 fully saturated rings. The maximum absolute atomic E-state index is 11.9. The number of nitrogens with zero attached hydrogens (tertiary/aromatic N) is 2. The van der Waals surface area contributed by atoms with Gasteiger partial charge in [-0.25, -0.2) is 4.79 Å². The van der Waals surface area contributed by atoms with Gasteiger partial charge in [0.1, 0.15) is 0 Å². The first kappa shape index (κ1) is 12.2. The van der Waals surface area contributed by atoms with Crippen molar-refractivity contribution in [3.63, 3.8) is 0 Å². The number of benzene rings is 2. The molecule has 3 aromatic rings. The molecule has 2 aromatic carbocycles. The van der Waals surface area contributed by atoms with Crippen molar-refractivity contribution >= 4 is 11.1 Å². The molecule has 98 valence electrons. The Morgan fingerprint density at radius 2 is 2.10 bits per heavy atom. The zero-order chi connectivity index (χ0) is 14.1. The van der Waals surface area contributed by atoms with Gasteiger partial charge in [-0.2, -0.15) is 5.26 Å². The van der Waals surface area contributed by atoms with Gasteiger partial charge >= 0.3 is 5.76 Å². The van der Waals surface area contributed by atoms with Crippen LogP contribution in [0, 0.1) is 18.3 Å². The molecule has 0 aliphatic carbocycles. The van der Waals surface area contributed by atoms with Gasteiger partial charge < -0.3 is 4.42 Å². The van der Waals surface area contributed by atoms with Crippen molar-refractivity contribution in [3.8, 4) is 6.07 Å². The Kier molecular flexibility index (Phi) is 2.88. The Hall–Kier alpha value is -2.80. The number of aromatic nitrogens is 1. The van der Waals surface area contributed by atoms with Gasteiger partial charge in [-0.1, -0.05) is 18.2 Å². The zero-order valence-corrected chi connectivity index (χ0v) is 11.0. The van der Waals surface area contributed by atoms with Crippen molar-refractivity contribution in [2.24, 2.45) is 0 Å². The highest BCUT2D eigenvalue weighted by atomic mass is 16.4. The van der Waals surface area contributed by atoms with Gasteiger partial charge in [0.05, 0.1) is 23.7 Å². The summed E-state index contributed by atoms with van der Waals surface area (Å²) in [5.41, 5.74) is 3.90. The molecule has 1 aromatic heterocycles. The standard InChI is InChI=1S/C16H12N2O2/c1-11-5-6-15-14(7-11)18(16(19)20-15)10-13-4-2-3-12(8-13)9-17/h2-8H,10H2,1H3. The second kappa shape index (κ2) is 4.71. The molecule has 0 aliphatic heterocycles. The molecule has 0 amide bonds. The molecule has 0 saturated carbocycles. The quantitative estimate of drug-likeness (QED) is 0.715. The molecule has 0 atom stereocenters. The van der Waals surface area contributed by atoms with Crippen LogP contribution in [-0.4, -0.2) is 4.57 Å². The second-order valence-corrected chi connectivity index (χ2v) is 4.74. The van der Waals surface area contributed by atoms with Crippen LogP contribution < -0.4 is 5.76 Å². The highest BCUT2D eigenvalue weighted by molar-refractivity contribution is 5.73. The van der Waals surface area contributed by atoms with E-state index < -0.39 is 0 Å². The Morgan fingerprint density at radius 3 is 2.90 bits per heavy atom. The number of fused-ring (bicyclic) bond motifs is 1. The average molecular weight is 264 g/mol. The van der Waals surface area contributed by atoms with Gasteiger partial charge in [0.2, 0.25) is 0 Å². The smallest absolute Gasteiger partial charge is 0.408 e. The SMILES string of the molecule is Cc1ccc2oc(=O)n(Cc3cccc(C#N)c3)c2c1. The highest BCUT2D eigenvalue weighted by Crippen LogP contribution is 2.16. The number of rotatable bonds is 2. The van der Waals surface area contributed by atoms with Crippen LogP contribution in [0.3, 0.4) is 0 Å². The topological polar surface area (TPSA) is 58.9 Å². The molecule has 0 saturated heterocycles. The molecule has 20 heavy (non-hydrogen) atoms. The fourth-order valence-electron chi connectivity index (χ4n) is 2.24. The Morgan fingerprint density at radius 1 is 1.25 bits per heavy atom. The highest BCUT2D eigenvalue weighted by Gasteiger charge is 2.09. The number of hydrogen-bond donors (Lipinski definition) is 0. The van der Waals surface area contributed by atoms with Crippen LogP contribution in [0.2, 0.25) is 0 Å². The first-order valence-corrected chi connectivity index (χ1v) is 6.26. The predicted molar refractivity (Wildman–Crippen MR) is 75.5 cm³/mol. The van der Waals surface area contributed by atoms with E-state index in [1.807, 2.05) is 31.2 Å². The first-order chi connectivity index (χ1) is 9.67. The van der Waals surface area contributed by atoms with E-state index in [2.05, 4.69) is 6.07 Å². The third-order valence-corrected chi connectivity index (χ3v) is 3.22. The van der Waals surface area contributed by atoms with Gasteiger partial charge in [0.25, 0.3) is 0 Å². The second-order valence-electron chi connectivity index (χ2n) is 4.74. The average Bonchev–Trinajstić information content (AvgIpc) is 2.75. The third-order valence-electron chi connectivity index (χ3n) is 3.22. The van der Waals surface area contributed by atoms with Crippen molar-refractivity contribution in [2.45, 2.75) is 13.5 Å². The molecule has 0 unspecified atom stereocenters. The van der Waals surface area contributed by atoms with E-state index in [0.29, 0.717) is 17.7 Å². The molecule has 0 N–H and O–H groups in total. The summed E-state index contributed by atoms with van der Waals surface area (Å²) < 4.78 is 6.81. The Bertz CT molecular complexity index is 881. The number of aryl methyl sites for hydroxylation is 1. The summed E-state index contributed by atoms with van der Waals surface area (Å²) in [5.74, 6) is -0.382. The van der Waals surface area contributed by atoms with Crippen LogP contribution in [0.25, 0.3) is 11.1 Å². The summed E-state index contributed by atoms with van der Waals surface area (Å²) >= 11 is 0. The molecule has 3 rings (SSSR count). The number of nitriles is 1. The Labute approximate surface area is 115 Å². The maximum atomic E-state index is 11.9. The van der Waals surface area contributed by atoms with Crippen molar-refractivity contribution in [1.82, 2.24) is 4.57 Å². The molecule has 0 bridgehead atoms. The largest absolute Gasteiger partial charge is 0.420 e. The van der Waals surface area contributed by atoms with E-state index in [1.54, 1.807) is 22.8 Å². The third kappa shape index (κ3) is 2.10. The molecular formula is C16H12N2O2. The molecular weight excluding hydrogens is 252 g/mol. The van der Waals surface area contributed by atoms with Crippen molar-refractivity contribution < 1.29 is 4.42 Å². The monoisotopic (exact) mass is 264 g/mol. The molecule has 0 spiro atoms. The van der Waals surface area contributed by atoms with E-state index in [1.165, 1.54) is 0 Å². The van der Waals surface area contributed by atoms with E-state index in [0.717, 1.165) is 16.6 Å². The molecule has 4 nitrogen and oxygen atoms in total. The van der Waals surface area contributed by atoms with Crippen LogP contribution in [0.4, 0.5) is 0 Å². The summed E-state index contributed by atoms with van der Waals surface area (Å²) in [4.78, 5) is 11.9. The Balaban J connectivity index is 2.10. The van der Waals surface area contributed by atoms with Gasteiger partial charge in [-0.3, -0.25) is 4.57 Å².